The van der Waals surface area contributed by atoms with Gasteiger partial charge >= 0.3 is 0 Å². The van der Waals surface area contributed by atoms with E-state index in [1.54, 1.807) is 25.4 Å². The summed E-state index contributed by atoms with van der Waals surface area (Å²) in [6, 6.07) is 24.3. The van der Waals surface area contributed by atoms with Gasteiger partial charge in [-0.25, -0.2) is 9.69 Å². The molecule has 33 heavy (non-hydrogen) atoms. The molecular weight excluding hydrogens is 416 g/mol. The van der Waals surface area contributed by atoms with Gasteiger partial charge in [0.1, 0.15) is 12.3 Å². The Labute approximate surface area is 190 Å². The third kappa shape index (κ3) is 4.01. The second-order valence-electron chi connectivity index (χ2n) is 7.84. The molecule has 0 radical (unpaired) electrons. The Balaban J connectivity index is 1.49. The van der Waals surface area contributed by atoms with Crippen LogP contribution in [-0.4, -0.2) is 33.5 Å². The van der Waals surface area contributed by atoms with E-state index in [-0.39, 0.29) is 24.1 Å². The molecular formula is C26H22N4O3. The Hall–Kier alpha value is -4.26. The lowest BCUT2D eigenvalue weighted by Crippen LogP contribution is -2.35. The molecule has 0 saturated heterocycles. The average molecular weight is 438 g/mol. The molecule has 0 saturated carbocycles. The Kier molecular flexibility index (Phi) is 5.44. The van der Waals surface area contributed by atoms with Crippen LogP contribution in [0, 0.1) is 0 Å². The Bertz CT molecular complexity index is 1390. The highest BCUT2D eigenvalue weighted by molar-refractivity contribution is 6.03. The highest BCUT2D eigenvalue weighted by atomic mass is 16.5. The smallest absolute Gasteiger partial charge is 0.275 e. The summed E-state index contributed by atoms with van der Waals surface area (Å²) in [5.41, 5.74) is 2.43. The van der Waals surface area contributed by atoms with Crippen molar-refractivity contribution in [3.8, 4) is 5.75 Å². The van der Waals surface area contributed by atoms with Gasteiger partial charge < -0.3 is 4.74 Å². The van der Waals surface area contributed by atoms with Crippen LogP contribution in [0.25, 0.3) is 10.8 Å². The number of benzene rings is 3. The highest BCUT2D eigenvalue weighted by Crippen LogP contribution is 2.33. The number of nitrogens with zero attached hydrogens (tertiary/aromatic N) is 4. The molecule has 1 aliphatic heterocycles. The predicted molar refractivity (Wildman–Crippen MR) is 126 cm³/mol. The molecule has 7 nitrogen and oxygen atoms in total. The first-order valence-corrected chi connectivity index (χ1v) is 10.7. The molecule has 4 aromatic rings. The summed E-state index contributed by atoms with van der Waals surface area (Å²) >= 11 is 0. The van der Waals surface area contributed by atoms with E-state index in [4.69, 9.17) is 4.74 Å². The number of rotatable bonds is 5. The SMILES string of the molecule is COc1ccc([C@@H]2CC(c3ccccc3)=NN2C(=O)Cn2ncc3ccccc3c2=O)cc1. The third-order valence-electron chi connectivity index (χ3n) is 5.82. The monoisotopic (exact) mass is 438 g/mol. The largest absolute Gasteiger partial charge is 0.497 e. The number of carbonyl (C=O) groups excluding carboxylic acids is 1. The van der Waals surface area contributed by atoms with Crippen LogP contribution in [0.2, 0.25) is 0 Å². The molecule has 0 spiro atoms. The number of hydrogen-bond donors (Lipinski definition) is 0. The van der Waals surface area contributed by atoms with Crippen LogP contribution < -0.4 is 10.3 Å². The molecule has 1 amide bonds. The zero-order valence-corrected chi connectivity index (χ0v) is 18.1. The Morgan fingerprint density at radius 2 is 1.73 bits per heavy atom. The van der Waals surface area contributed by atoms with Gasteiger partial charge in [-0.1, -0.05) is 60.7 Å². The minimum atomic E-state index is -0.299. The summed E-state index contributed by atoms with van der Waals surface area (Å²) in [6.45, 7) is -0.193. The first-order chi connectivity index (χ1) is 16.1. The van der Waals surface area contributed by atoms with E-state index >= 15 is 0 Å². The lowest BCUT2D eigenvalue weighted by molar-refractivity contribution is -0.133. The van der Waals surface area contributed by atoms with Crippen LogP contribution in [0.5, 0.6) is 5.75 Å². The minimum Gasteiger partial charge on any atom is -0.497 e. The van der Waals surface area contributed by atoms with Crippen LogP contribution in [0.1, 0.15) is 23.6 Å². The number of hydrazone groups is 1. The van der Waals surface area contributed by atoms with Gasteiger partial charge in [0.25, 0.3) is 11.5 Å². The van der Waals surface area contributed by atoms with Crippen molar-refractivity contribution in [2.75, 3.05) is 7.11 Å². The fourth-order valence-corrected chi connectivity index (χ4v) is 4.07. The minimum absolute atomic E-state index is 0.193. The average Bonchev–Trinajstić information content (AvgIpc) is 3.32. The maximum Gasteiger partial charge on any atom is 0.275 e. The number of methoxy groups -OCH3 is 1. The summed E-state index contributed by atoms with van der Waals surface area (Å²) in [6.07, 6.45) is 2.18. The van der Waals surface area contributed by atoms with Crippen LogP contribution in [0.4, 0.5) is 0 Å². The molecule has 1 aliphatic rings. The fourth-order valence-electron chi connectivity index (χ4n) is 4.07. The van der Waals surface area contributed by atoms with E-state index in [1.165, 1.54) is 9.69 Å². The van der Waals surface area contributed by atoms with Crippen LogP contribution >= 0.6 is 0 Å². The molecule has 0 fully saturated rings. The van der Waals surface area contributed by atoms with Crippen molar-refractivity contribution < 1.29 is 9.53 Å². The van der Waals surface area contributed by atoms with Gasteiger partial charge in [0, 0.05) is 11.8 Å². The maximum absolute atomic E-state index is 13.4. The number of carbonyl (C=O) groups is 1. The van der Waals surface area contributed by atoms with Crippen molar-refractivity contribution in [1.29, 1.82) is 0 Å². The second-order valence-corrected chi connectivity index (χ2v) is 7.84. The van der Waals surface area contributed by atoms with E-state index in [9.17, 15) is 9.59 Å². The zero-order chi connectivity index (χ0) is 22.8. The second kappa shape index (κ2) is 8.70. The van der Waals surface area contributed by atoms with Gasteiger partial charge in [0.05, 0.1) is 30.4 Å². The van der Waals surface area contributed by atoms with Gasteiger partial charge in [0.2, 0.25) is 0 Å². The van der Waals surface area contributed by atoms with Crippen molar-refractivity contribution in [3.05, 3.63) is 107 Å². The highest BCUT2D eigenvalue weighted by Gasteiger charge is 2.33. The summed E-state index contributed by atoms with van der Waals surface area (Å²) < 4.78 is 6.47. The number of fused-ring (bicyclic) bond motifs is 1. The summed E-state index contributed by atoms with van der Waals surface area (Å²) in [5.74, 6) is 0.442. The van der Waals surface area contributed by atoms with Crippen molar-refractivity contribution in [3.63, 3.8) is 0 Å². The standard InChI is InChI=1S/C26H22N4O3/c1-33-21-13-11-19(12-14-21)24-15-23(18-7-3-2-4-8-18)28-30(24)25(31)17-29-26(32)22-10-6-5-9-20(22)16-27-29/h2-14,16,24H,15,17H2,1H3/t24-/m0/s1. The number of aromatic nitrogens is 2. The molecule has 1 aromatic heterocycles. The quantitative estimate of drug-likeness (QED) is 0.475. The third-order valence-corrected chi connectivity index (χ3v) is 5.82. The molecule has 7 heteroatoms. The van der Waals surface area contributed by atoms with Crippen LogP contribution in [0.3, 0.4) is 0 Å². The van der Waals surface area contributed by atoms with Crippen molar-refractivity contribution in [1.82, 2.24) is 14.8 Å². The summed E-state index contributed by atoms with van der Waals surface area (Å²) in [7, 11) is 1.62. The van der Waals surface area contributed by atoms with E-state index in [1.807, 2.05) is 66.7 Å². The molecule has 2 heterocycles. The molecule has 5 rings (SSSR count). The van der Waals surface area contributed by atoms with Gasteiger partial charge in [0.15, 0.2) is 0 Å². The van der Waals surface area contributed by atoms with Crippen LogP contribution in [0.15, 0.2) is 95.0 Å². The predicted octanol–water partition coefficient (Wildman–Crippen LogP) is 3.78. The van der Waals surface area contributed by atoms with E-state index in [0.29, 0.717) is 11.8 Å². The number of hydrogen-bond acceptors (Lipinski definition) is 5. The van der Waals surface area contributed by atoms with Crippen molar-refractivity contribution in [2.24, 2.45) is 5.10 Å². The van der Waals surface area contributed by atoms with E-state index in [2.05, 4.69) is 10.2 Å². The topological polar surface area (TPSA) is 76.8 Å². The summed E-state index contributed by atoms with van der Waals surface area (Å²) in [5, 5.41) is 11.6. The Morgan fingerprint density at radius 3 is 2.48 bits per heavy atom. The lowest BCUT2D eigenvalue weighted by atomic mass is 9.98. The molecule has 3 aromatic carbocycles. The molecule has 164 valence electrons. The summed E-state index contributed by atoms with van der Waals surface area (Å²) in [4.78, 5) is 26.2. The Morgan fingerprint density at radius 1 is 1.00 bits per heavy atom. The van der Waals surface area contributed by atoms with Gasteiger partial charge in [-0.15, -0.1) is 0 Å². The van der Waals surface area contributed by atoms with Gasteiger partial charge in [-0.3, -0.25) is 9.59 Å². The first kappa shape index (κ1) is 20.6. The number of amides is 1. The fraction of sp³-hybridized carbons (Fsp3) is 0.154. The lowest BCUT2D eigenvalue weighted by Gasteiger charge is -2.22. The van der Waals surface area contributed by atoms with Crippen molar-refractivity contribution in [2.45, 2.75) is 19.0 Å². The van der Waals surface area contributed by atoms with Crippen molar-refractivity contribution >= 4 is 22.4 Å². The number of ether oxygens (including phenoxy) is 1. The molecule has 0 N–H and O–H groups in total. The molecule has 0 bridgehead atoms. The maximum atomic E-state index is 13.4. The van der Waals surface area contributed by atoms with Gasteiger partial charge in [-0.05, 0) is 29.3 Å². The van der Waals surface area contributed by atoms with E-state index in [0.717, 1.165) is 28.0 Å². The zero-order valence-electron chi connectivity index (χ0n) is 18.1. The normalized spacial score (nSPS) is 15.5. The first-order valence-electron chi connectivity index (χ1n) is 10.7. The molecule has 0 aliphatic carbocycles. The van der Waals surface area contributed by atoms with Gasteiger partial charge in [-0.2, -0.15) is 10.2 Å². The molecule has 1 atom stereocenters. The molecule has 0 unspecified atom stereocenters. The van der Waals surface area contributed by atoms with Crippen LogP contribution in [-0.2, 0) is 11.3 Å². The van der Waals surface area contributed by atoms with E-state index < -0.39 is 0 Å².